The summed E-state index contributed by atoms with van der Waals surface area (Å²) >= 11 is 7.17. The minimum Gasteiger partial charge on any atom is -0.462 e. The maximum absolute atomic E-state index is 12.9. The van der Waals surface area contributed by atoms with E-state index in [1.165, 1.54) is 4.68 Å². The van der Waals surface area contributed by atoms with Crippen molar-refractivity contribution < 1.29 is 23.9 Å². The van der Waals surface area contributed by atoms with Crippen LogP contribution >= 0.6 is 22.9 Å². The van der Waals surface area contributed by atoms with Crippen LogP contribution in [-0.2, 0) is 14.3 Å². The number of anilines is 1. The summed E-state index contributed by atoms with van der Waals surface area (Å²) < 4.78 is 11.9. The molecule has 0 radical (unpaired) electrons. The molecule has 0 aliphatic rings. The van der Waals surface area contributed by atoms with Crippen molar-refractivity contribution in [1.82, 2.24) is 9.78 Å². The van der Waals surface area contributed by atoms with Gasteiger partial charge in [0.1, 0.15) is 15.9 Å². The minimum atomic E-state index is -0.696. The highest BCUT2D eigenvalue weighted by molar-refractivity contribution is 7.18. The summed E-state index contributed by atoms with van der Waals surface area (Å²) in [7, 11) is 0. The average Bonchev–Trinajstić information content (AvgIpc) is 3.11. The fraction of sp³-hybridized carbons (Fsp3) is 0.500. The van der Waals surface area contributed by atoms with Crippen molar-refractivity contribution in [3.8, 4) is 0 Å². The predicted octanol–water partition coefficient (Wildman–Crippen LogP) is 4.46. The molecule has 0 saturated carbocycles. The van der Waals surface area contributed by atoms with Crippen LogP contribution in [-0.4, -0.2) is 40.3 Å². The second kappa shape index (κ2) is 9.61. The van der Waals surface area contributed by atoms with Gasteiger partial charge in [-0.3, -0.25) is 9.48 Å². The van der Waals surface area contributed by atoms with Gasteiger partial charge in [0.15, 0.2) is 0 Å². The van der Waals surface area contributed by atoms with Crippen LogP contribution in [0.25, 0.3) is 0 Å². The van der Waals surface area contributed by atoms with E-state index in [0.717, 1.165) is 11.3 Å². The molecule has 1 amide bonds. The van der Waals surface area contributed by atoms with E-state index in [-0.39, 0.29) is 28.2 Å². The molecule has 30 heavy (non-hydrogen) atoms. The summed E-state index contributed by atoms with van der Waals surface area (Å²) in [6.07, 6.45) is -0.359. The fourth-order valence-electron chi connectivity index (χ4n) is 2.86. The van der Waals surface area contributed by atoms with Crippen molar-refractivity contribution in [2.45, 2.75) is 60.6 Å². The summed E-state index contributed by atoms with van der Waals surface area (Å²) in [5.74, 6) is -1.59. The number of nitrogens with one attached hydrogen (secondary N) is 1. The molecular weight excluding hydrogens is 430 g/mol. The topological polar surface area (TPSA) is 99.5 Å². The Balaban J connectivity index is 2.42. The lowest BCUT2D eigenvalue weighted by molar-refractivity contribution is -0.119. The molecule has 0 fully saturated rings. The highest BCUT2D eigenvalue weighted by atomic mass is 35.5. The van der Waals surface area contributed by atoms with Crippen LogP contribution in [0.3, 0.4) is 0 Å². The van der Waals surface area contributed by atoms with Crippen LogP contribution in [0.4, 0.5) is 5.00 Å². The number of esters is 2. The lowest BCUT2D eigenvalue weighted by Gasteiger charge is -2.15. The van der Waals surface area contributed by atoms with Crippen LogP contribution in [0.1, 0.15) is 70.7 Å². The Labute approximate surface area is 184 Å². The summed E-state index contributed by atoms with van der Waals surface area (Å²) in [5, 5.41) is 7.77. The van der Waals surface area contributed by atoms with Gasteiger partial charge in [-0.05, 0) is 54.0 Å². The molecule has 2 rings (SSSR count). The van der Waals surface area contributed by atoms with Gasteiger partial charge in [0.05, 0.1) is 34.7 Å². The molecule has 0 saturated heterocycles. The molecule has 10 heteroatoms. The quantitative estimate of drug-likeness (QED) is 0.618. The van der Waals surface area contributed by atoms with E-state index in [1.807, 2.05) is 0 Å². The molecule has 2 aromatic rings. The normalized spacial score (nSPS) is 12.0. The van der Waals surface area contributed by atoms with E-state index < -0.39 is 23.9 Å². The van der Waals surface area contributed by atoms with Gasteiger partial charge in [-0.1, -0.05) is 11.6 Å². The first-order valence-electron chi connectivity index (χ1n) is 9.53. The van der Waals surface area contributed by atoms with Crippen LogP contribution in [0.2, 0.25) is 5.02 Å². The first-order chi connectivity index (χ1) is 14.0. The summed E-state index contributed by atoms with van der Waals surface area (Å²) in [6, 6.07) is -0.696. The largest absolute Gasteiger partial charge is 0.462 e. The number of thiophene rings is 1. The van der Waals surface area contributed by atoms with Gasteiger partial charge in [0.25, 0.3) is 0 Å². The number of amides is 1. The highest BCUT2D eigenvalue weighted by Crippen LogP contribution is 2.35. The number of nitrogens with zero attached hydrogens (tertiary/aromatic N) is 2. The zero-order chi connectivity index (χ0) is 22.7. The van der Waals surface area contributed by atoms with Gasteiger partial charge >= 0.3 is 11.9 Å². The fourth-order valence-corrected chi connectivity index (χ4v) is 4.08. The Morgan fingerprint density at radius 3 is 2.30 bits per heavy atom. The van der Waals surface area contributed by atoms with Crippen molar-refractivity contribution in [3.63, 3.8) is 0 Å². The van der Waals surface area contributed by atoms with Gasteiger partial charge < -0.3 is 14.8 Å². The number of carbonyl (C=O) groups excluding carboxylic acids is 3. The third kappa shape index (κ3) is 4.84. The SMILES string of the molecule is CCOC(=O)c1sc(NC(=O)C(C)n2nc(C)c(Cl)c2C)c(C(=O)OC(C)C)c1C. The van der Waals surface area contributed by atoms with Crippen LogP contribution in [0.5, 0.6) is 0 Å². The van der Waals surface area contributed by atoms with E-state index in [2.05, 4.69) is 10.4 Å². The number of aromatic nitrogens is 2. The van der Waals surface area contributed by atoms with E-state index in [4.69, 9.17) is 21.1 Å². The molecule has 164 valence electrons. The van der Waals surface area contributed by atoms with Gasteiger partial charge in [-0.25, -0.2) is 9.59 Å². The molecule has 1 unspecified atom stereocenters. The van der Waals surface area contributed by atoms with Crippen LogP contribution < -0.4 is 5.32 Å². The third-order valence-electron chi connectivity index (χ3n) is 4.37. The van der Waals surface area contributed by atoms with Gasteiger partial charge in [0.2, 0.25) is 5.91 Å². The van der Waals surface area contributed by atoms with Crippen LogP contribution in [0.15, 0.2) is 0 Å². The maximum Gasteiger partial charge on any atom is 0.348 e. The molecule has 0 aromatic carbocycles. The molecule has 0 aliphatic heterocycles. The number of carbonyl (C=O) groups is 3. The van der Waals surface area contributed by atoms with E-state index in [9.17, 15) is 14.4 Å². The Bertz CT molecular complexity index is 980. The summed E-state index contributed by atoms with van der Waals surface area (Å²) in [6.45, 7) is 12.1. The monoisotopic (exact) mass is 455 g/mol. The first kappa shape index (κ1) is 23.9. The number of hydrogen-bond acceptors (Lipinski definition) is 7. The second-order valence-corrected chi connectivity index (χ2v) is 8.43. The van der Waals surface area contributed by atoms with E-state index in [1.54, 1.807) is 48.5 Å². The lowest BCUT2D eigenvalue weighted by atomic mass is 10.1. The molecule has 0 bridgehead atoms. The number of rotatable bonds is 7. The Morgan fingerprint density at radius 2 is 1.80 bits per heavy atom. The number of ether oxygens (including phenoxy) is 2. The Morgan fingerprint density at radius 1 is 1.17 bits per heavy atom. The standard InChI is InChI=1S/C20H26ClN3O5S/c1-8-28-20(27)16-10(4)14(19(26)29-9(2)3)18(30-16)22-17(25)13(7)24-12(6)15(21)11(5)23-24/h9,13H,8H2,1-7H3,(H,22,25). The summed E-state index contributed by atoms with van der Waals surface area (Å²) in [5.41, 5.74) is 1.82. The van der Waals surface area contributed by atoms with Crippen molar-refractivity contribution in [2.75, 3.05) is 11.9 Å². The highest BCUT2D eigenvalue weighted by Gasteiger charge is 2.29. The van der Waals surface area contributed by atoms with Gasteiger partial charge in [0, 0.05) is 0 Å². The molecule has 2 aromatic heterocycles. The molecule has 1 N–H and O–H groups in total. The second-order valence-electron chi connectivity index (χ2n) is 7.03. The Hall–Kier alpha value is -2.39. The number of halogens is 1. The van der Waals surface area contributed by atoms with Gasteiger partial charge in [-0.2, -0.15) is 5.10 Å². The number of hydrogen-bond donors (Lipinski definition) is 1. The molecule has 1 atom stereocenters. The van der Waals surface area contributed by atoms with Crippen molar-refractivity contribution in [1.29, 1.82) is 0 Å². The van der Waals surface area contributed by atoms with E-state index in [0.29, 0.717) is 22.0 Å². The molecule has 0 spiro atoms. The molecule has 2 heterocycles. The smallest absolute Gasteiger partial charge is 0.348 e. The zero-order valence-corrected chi connectivity index (χ0v) is 19.7. The van der Waals surface area contributed by atoms with Crippen molar-refractivity contribution in [3.05, 3.63) is 32.4 Å². The summed E-state index contributed by atoms with van der Waals surface area (Å²) in [4.78, 5) is 38.1. The predicted molar refractivity (Wildman–Crippen MR) is 116 cm³/mol. The van der Waals surface area contributed by atoms with Crippen molar-refractivity contribution >= 4 is 45.8 Å². The molecule has 8 nitrogen and oxygen atoms in total. The van der Waals surface area contributed by atoms with Crippen LogP contribution in [0, 0.1) is 20.8 Å². The minimum absolute atomic E-state index is 0.142. The van der Waals surface area contributed by atoms with Crippen molar-refractivity contribution in [2.24, 2.45) is 0 Å². The first-order valence-corrected chi connectivity index (χ1v) is 10.7. The zero-order valence-electron chi connectivity index (χ0n) is 18.1. The maximum atomic E-state index is 12.9. The molecular formula is C20H26ClN3O5S. The average molecular weight is 456 g/mol. The number of aryl methyl sites for hydroxylation is 1. The lowest BCUT2D eigenvalue weighted by Crippen LogP contribution is -2.26. The van der Waals surface area contributed by atoms with E-state index >= 15 is 0 Å². The molecule has 0 aliphatic carbocycles. The third-order valence-corrected chi connectivity index (χ3v) is 6.11. The van der Waals surface area contributed by atoms with Gasteiger partial charge in [-0.15, -0.1) is 11.3 Å². The Kier molecular flexibility index (Phi) is 7.65.